The molecule has 56 heavy (non-hydrogen) atoms. The van der Waals surface area contributed by atoms with Crippen LogP contribution < -0.4 is 5.32 Å². The maximum absolute atomic E-state index is 14.7. The van der Waals surface area contributed by atoms with Crippen molar-refractivity contribution in [2.24, 2.45) is 23.7 Å². The fraction of sp³-hybridized carbons (Fsp3) is 0.707. The van der Waals surface area contributed by atoms with Crippen LogP contribution in [0.3, 0.4) is 0 Å². The lowest BCUT2D eigenvalue weighted by atomic mass is 9.72. The third-order valence-electron chi connectivity index (χ3n) is 12.5. The Morgan fingerprint density at radius 2 is 1.73 bits per heavy atom. The average molecular weight is 783 g/mol. The van der Waals surface area contributed by atoms with Crippen molar-refractivity contribution in [2.45, 2.75) is 135 Å². The van der Waals surface area contributed by atoms with E-state index in [0.29, 0.717) is 19.4 Å². The number of methoxy groups -OCH3 is 1. The van der Waals surface area contributed by atoms with Gasteiger partial charge in [0.25, 0.3) is 0 Å². The standard InChI is InChI=1S/C41H62N6O9/c1-12-30-41(8)34(47(39(52)44-41)19-14-13-18-46-22-43-28-16-15-17-42-36(28)46)25(4)31(48)23(2)21-40(7,53-11)35(26(5)32(49)27(6)37(51)55-30)56-38-33(50)29(45(9)10)20-24(3)54-38/h13-17,22-27,29-30,33-35,38,50H,12,18-21H2,1-11H3,(H,44,52)/b14-13+/t23-,24-,25+,26+,27-,29+,30-,33-,34-,35-,38+,40+,41-/m1/s1. The van der Waals surface area contributed by atoms with Gasteiger partial charge in [0.15, 0.2) is 17.7 Å². The zero-order valence-corrected chi connectivity index (χ0v) is 34.8. The van der Waals surface area contributed by atoms with Crippen molar-refractivity contribution in [3.63, 3.8) is 0 Å². The number of ketones is 2. The first-order valence-electron chi connectivity index (χ1n) is 19.9. The highest BCUT2D eigenvalue weighted by Crippen LogP contribution is 2.40. The Labute approximate surface area is 330 Å². The smallest absolute Gasteiger partial charge is 0.318 e. The molecule has 15 nitrogen and oxygen atoms in total. The molecule has 2 aromatic rings. The number of aliphatic hydroxyl groups excluding tert-OH is 1. The third-order valence-corrected chi connectivity index (χ3v) is 12.5. The lowest BCUT2D eigenvalue weighted by Crippen LogP contribution is -2.62. The third kappa shape index (κ3) is 8.43. The molecule has 0 radical (unpaired) electrons. The number of carbonyl (C=O) groups is 4. The summed E-state index contributed by atoms with van der Waals surface area (Å²) in [6, 6.07) is 2.31. The Hall–Kier alpha value is -3.76. The number of pyridine rings is 1. The predicted octanol–water partition coefficient (Wildman–Crippen LogP) is 3.76. The molecule has 5 rings (SSSR count). The van der Waals surface area contributed by atoms with Gasteiger partial charge in [0.05, 0.1) is 35.7 Å². The number of carbonyl (C=O) groups excluding carboxylic acids is 4. The van der Waals surface area contributed by atoms with Gasteiger partial charge in [-0.1, -0.05) is 39.8 Å². The Bertz CT molecular complexity index is 1770. The normalized spacial score (nSPS) is 37.9. The van der Waals surface area contributed by atoms with Crippen molar-refractivity contribution in [3.8, 4) is 0 Å². The molecular formula is C41H62N6O9. The molecule has 15 heteroatoms. The molecular weight excluding hydrogens is 720 g/mol. The average Bonchev–Trinajstić information content (AvgIpc) is 3.70. The van der Waals surface area contributed by atoms with Crippen molar-refractivity contribution in [1.82, 2.24) is 29.7 Å². The van der Waals surface area contributed by atoms with Crippen LogP contribution in [0, 0.1) is 23.7 Å². The number of hydrogen-bond acceptors (Lipinski definition) is 12. The van der Waals surface area contributed by atoms with E-state index in [1.165, 1.54) is 14.0 Å². The first-order valence-corrected chi connectivity index (χ1v) is 19.9. The van der Waals surface area contributed by atoms with E-state index < -0.39 is 83.2 Å². The second-order valence-electron chi connectivity index (χ2n) is 16.7. The summed E-state index contributed by atoms with van der Waals surface area (Å²) in [4.78, 5) is 69.2. The molecule has 0 bridgehead atoms. The van der Waals surface area contributed by atoms with E-state index in [-0.39, 0.29) is 30.9 Å². The van der Waals surface area contributed by atoms with Crippen LogP contribution in [0.5, 0.6) is 0 Å². The number of Topliss-reactive ketones (excluding diaryl/α,β-unsaturated/α-hetero) is 2. The summed E-state index contributed by atoms with van der Waals surface area (Å²) < 4.78 is 27.0. The molecule has 310 valence electrons. The lowest BCUT2D eigenvalue weighted by Gasteiger charge is -2.47. The molecule has 2 amide bonds. The van der Waals surface area contributed by atoms with Crippen LogP contribution in [0.15, 0.2) is 36.8 Å². The van der Waals surface area contributed by atoms with Gasteiger partial charge >= 0.3 is 12.0 Å². The molecule has 3 fully saturated rings. The van der Waals surface area contributed by atoms with E-state index in [1.54, 1.807) is 38.2 Å². The van der Waals surface area contributed by atoms with Gasteiger partial charge in [-0.3, -0.25) is 14.4 Å². The Morgan fingerprint density at radius 1 is 1.04 bits per heavy atom. The maximum atomic E-state index is 14.7. The summed E-state index contributed by atoms with van der Waals surface area (Å²) in [5.74, 6) is -4.83. The summed E-state index contributed by atoms with van der Waals surface area (Å²) in [7, 11) is 5.24. The van der Waals surface area contributed by atoms with E-state index in [2.05, 4.69) is 15.3 Å². The topological polar surface area (TPSA) is 175 Å². The Morgan fingerprint density at radius 3 is 2.39 bits per heavy atom. The van der Waals surface area contributed by atoms with Crippen molar-refractivity contribution < 1.29 is 43.2 Å². The van der Waals surface area contributed by atoms with Gasteiger partial charge in [0, 0.05) is 50.2 Å². The number of fused-ring (bicyclic) bond motifs is 2. The second kappa shape index (κ2) is 17.4. The van der Waals surface area contributed by atoms with Gasteiger partial charge in [0.2, 0.25) is 0 Å². The van der Waals surface area contributed by atoms with E-state index in [0.717, 1.165) is 11.2 Å². The molecule has 3 saturated heterocycles. The fourth-order valence-corrected chi connectivity index (χ4v) is 9.24. The number of ether oxygens (including phenoxy) is 4. The number of allylic oxidation sites excluding steroid dienone is 1. The zero-order valence-electron chi connectivity index (χ0n) is 34.8. The van der Waals surface area contributed by atoms with Crippen molar-refractivity contribution >= 4 is 34.7 Å². The maximum Gasteiger partial charge on any atom is 0.318 e. The van der Waals surface area contributed by atoms with Crippen molar-refractivity contribution in [1.29, 1.82) is 0 Å². The van der Waals surface area contributed by atoms with Crippen molar-refractivity contribution in [2.75, 3.05) is 27.7 Å². The first-order chi connectivity index (χ1) is 26.4. The summed E-state index contributed by atoms with van der Waals surface area (Å²) in [6.07, 6.45) is 3.90. The van der Waals surface area contributed by atoms with Crippen LogP contribution in [0.2, 0.25) is 0 Å². The van der Waals surface area contributed by atoms with Gasteiger partial charge in [-0.05, 0) is 73.2 Å². The predicted molar refractivity (Wildman–Crippen MR) is 208 cm³/mol. The molecule has 13 atom stereocenters. The minimum atomic E-state index is -1.26. The van der Waals surface area contributed by atoms with Gasteiger partial charge in [-0.2, -0.15) is 0 Å². The quantitative estimate of drug-likeness (QED) is 0.215. The minimum Gasteiger partial charge on any atom is -0.459 e. The molecule has 5 heterocycles. The number of imidazole rings is 1. The number of amides is 2. The SMILES string of the molecule is CC[C@H]1OC(=O)[C@H](C)C(=O)[C@H](C)[C@@H](O[C@@H]2O[C@H](C)C[C@H](N(C)C)[C@H]2O)[C@@](C)(OC)C[C@@H](C)C(=O)[C@H](C)[C@H]2N(C/C=C/Cn3cnc4cccnc43)C(=O)N[C@]12C. The molecule has 2 aromatic heterocycles. The number of cyclic esters (lactones) is 1. The number of nitrogens with zero attached hydrogens (tertiary/aromatic N) is 5. The number of urea groups is 1. The molecule has 3 aliphatic rings. The minimum absolute atomic E-state index is 0.134. The summed E-state index contributed by atoms with van der Waals surface area (Å²) >= 11 is 0. The van der Waals surface area contributed by atoms with Gasteiger partial charge in [-0.15, -0.1) is 0 Å². The van der Waals surface area contributed by atoms with E-state index in [1.807, 2.05) is 75.5 Å². The number of aromatic nitrogens is 3. The lowest BCUT2D eigenvalue weighted by molar-refractivity contribution is -0.295. The molecule has 0 unspecified atom stereocenters. The van der Waals surface area contributed by atoms with Crippen molar-refractivity contribution in [3.05, 3.63) is 36.8 Å². The largest absolute Gasteiger partial charge is 0.459 e. The Kier molecular flexibility index (Phi) is 13.5. The molecule has 0 spiro atoms. The van der Waals surface area contributed by atoms with Crippen LogP contribution in [-0.4, -0.2) is 135 Å². The number of likely N-dealkylation sites (N-methyl/N-ethyl adjacent to an activating group) is 1. The molecule has 2 N–H and O–H groups in total. The van der Waals surface area contributed by atoms with Gasteiger partial charge in [-0.25, -0.2) is 14.8 Å². The van der Waals surface area contributed by atoms with Gasteiger partial charge in [0.1, 0.15) is 29.4 Å². The first kappa shape index (κ1) is 43.4. The molecule has 0 saturated carbocycles. The highest BCUT2D eigenvalue weighted by Gasteiger charge is 2.58. The fourth-order valence-electron chi connectivity index (χ4n) is 9.24. The molecule has 0 aliphatic carbocycles. The number of nitrogens with one attached hydrogen (secondary N) is 1. The van der Waals surface area contributed by atoms with Crippen LogP contribution >= 0.6 is 0 Å². The van der Waals surface area contributed by atoms with Gasteiger partial charge < -0.3 is 43.7 Å². The molecule has 0 aromatic carbocycles. The second-order valence-corrected chi connectivity index (χ2v) is 16.7. The van der Waals surface area contributed by atoms with E-state index in [4.69, 9.17) is 18.9 Å². The molecule has 3 aliphatic heterocycles. The summed E-state index contributed by atoms with van der Waals surface area (Å²) in [5.41, 5.74) is -0.930. The van der Waals surface area contributed by atoms with Crippen LogP contribution in [-0.2, 0) is 39.9 Å². The number of aliphatic hydroxyl groups is 1. The summed E-state index contributed by atoms with van der Waals surface area (Å²) in [6.45, 7) is 14.8. The number of esters is 1. The Balaban J connectivity index is 1.49. The number of hydrogen-bond donors (Lipinski definition) is 2. The summed E-state index contributed by atoms with van der Waals surface area (Å²) in [5, 5.41) is 14.5. The highest BCUT2D eigenvalue weighted by molar-refractivity contribution is 6.00. The van der Waals surface area contributed by atoms with Crippen LogP contribution in [0.25, 0.3) is 11.2 Å². The monoisotopic (exact) mass is 782 g/mol. The van der Waals surface area contributed by atoms with E-state index in [9.17, 15) is 24.3 Å². The highest BCUT2D eigenvalue weighted by atomic mass is 16.7. The van der Waals surface area contributed by atoms with E-state index >= 15 is 0 Å². The van der Waals surface area contributed by atoms with Crippen LogP contribution in [0.4, 0.5) is 4.79 Å². The number of rotatable bonds is 9. The van der Waals surface area contributed by atoms with Crippen LogP contribution in [0.1, 0.15) is 74.7 Å². The zero-order chi connectivity index (χ0) is 41.3.